The summed E-state index contributed by atoms with van der Waals surface area (Å²) in [6.45, 7) is 18.3. The quantitative estimate of drug-likeness (QED) is 0.0949. The van der Waals surface area contributed by atoms with Crippen molar-refractivity contribution in [1.82, 2.24) is 0 Å². The lowest BCUT2D eigenvalue weighted by Gasteiger charge is -2.48. The maximum absolute atomic E-state index is 7.62. The van der Waals surface area contributed by atoms with E-state index in [-0.39, 0.29) is 18.8 Å². The van der Waals surface area contributed by atoms with E-state index in [0.29, 0.717) is 0 Å². The number of hydrogen-bond acceptors (Lipinski definition) is 6. The predicted octanol–water partition coefficient (Wildman–Crippen LogP) is 20.0. The van der Waals surface area contributed by atoms with Gasteiger partial charge in [0.05, 0.1) is 11.4 Å². The second kappa shape index (κ2) is 24.2. The van der Waals surface area contributed by atoms with Crippen molar-refractivity contribution in [3.63, 3.8) is 0 Å². The molecule has 4 aliphatic rings. The number of para-hydroxylation sites is 6. The van der Waals surface area contributed by atoms with Crippen molar-refractivity contribution < 1.29 is 4.74 Å². The number of aryl methyl sites for hydroxylation is 5. The van der Waals surface area contributed by atoms with E-state index in [1.54, 1.807) is 0 Å². The largest absolute Gasteiger partial charge is 0.458 e. The van der Waals surface area contributed by atoms with Crippen molar-refractivity contribution in [2.45, 2.75) is 99.3 Å². The van der Waals surface area contributed by atoms with Crippen molar-refractivity contribution in [2.75, 3.05) is 24.5 Å². The van der Waals surface area contributed by atoms with E-state index in [1.165, 1.54) is 83.2 Å². The van der Waals surface area contributed by atoms with Crippen LogP contribution in [0.5, 0.6) is 11.5 Å². The maximum atomic E-state index is 7.62. The summed E-state index contributed by atoms with van der Waals surface area (Å²) in [4.78, 5) is 12.7. The molecule has 0 aromatic heterocycles. The number of benzene rings is 12. The van der Waals surface area contributed by atoms with Crippen molar-refractivity contribution in [3.8, 4) is 11.5 Å². The molecule has 8 heteroatoms. The minimum absolute atomic E-state index is 0.181. The van der Waals surface area contributed by atoms with Crippen molar-refractivity contribution >= 4 is 132 Å². The van der Waals surface area contributed by atoms with Crippen LogP contribution in [0.2, 0.25) is 0 Å². The van der Waals surface area contributed by atoms with Gasteiger partial charge in [-0.15, -0.1) is 0 Å². The van der Waals surface area contributed by atoms with Crippen LogP contribution in [0.3, 0.4) is 0 Å². The summed E-state index contributed by atoms with van der Waals surface area (Å²) < 4.78 is 7.62. The van der Waals surface area contributed by atoms with Gasteiger partial charge in [0.25, 0.3) is 13.4 Å². The summed E-state index contributed by atoms with van der Waals surface area (Å²) in [5, 5.41) is 0. The average molecular weight is 1230 g/mol. The molecule has 0 aliphatic carbocycles. The Morgan fingerprint density at radius 2 is 0.768 bits per heavy atom. The standard InChI is InChI=1S/C87H79B2N5O/c1-9-11-31-61-45-58(3)47-69(51-61)94-77-49-60(5)48-72(87(6,7)8)84(77)89-74-56-73-75(57-76(74)92(67-41-27-17-28-42-67)78-52-70(53-79(94)85(78)89)90(63-33-19-13-20-34-63)64-35-21-14-22-36-64)93(68-43-29-18-30-44-68)80-54-71(91(65-37-23-15-24-38-65)66-39-25-16-26-40-66)55-82-86(80)88(73)83-62(32-12-10-2)46-59(4)50-81(83)95-82/h13-30,33-57H,9-12,31-32H2,1-8H3. The van der Waals surface area contributed by atoms with Gasteiger partial charge in [0.2, 0.25) is 0 Å². The van der Waals surface area contributed by atoms with Gasteiger partial charge in [-0.25, -0.2) is 0 Å². The second-order valence-corrected chi connectivity index (χ2v) is 27.6. The van der Waals surface area contributed by atoms with Gasteiger partial charge < -0.3 is 29.2 Å². The second-order valence-electron chi connectivity index (χ2n) is 27.6. The highest BCUT2D eigenvalue weighted by Crippen LogP contribution is 2.52. The summed E-state index contributed by atoms with van der Waals surface area (Å²) in [6.07, 6.45) is 6.38. The summed E-state index contributed by atoms with van der Waals surface area (Å²) in [6, 6.07) is 98.0. The Morgan fingerprint density at radius 1 is 0.347 bits per heavy atom. The maximum Gasteiger partial charge on any atom is 0.256 e. The Kier molecular flexibility index (Phi) is 15.2. The van der Waals surface area contributed by atoms with Gasteiger partial charge in [0, 0.05) is 80.0 Å². The number of ether oxygens (including phenoxy) is 1. The number of fused-ring (bicyclic) bond motifs is 8. The molecule has 4 heterocycles. The fourth-order valence-electron chi connectivity index (χ4n) is 16.0. The molecular weight excluding hydrogens is 1150 g/mol. The molecule has 6 nitrogen and oxygen atoms in total. The summed E-state index contributed by atoms with van der Waals surface area (Å²) in [5.41, 5.74) is 31.9. The zero-order chi connectivity index (χ0) is 64.6. The van der Waals surface area contributed by atoms with Crippen LogP contribution in [0, 0.1) is 20.8 Å². The fraction of sp³-hybridized carbons (Fsp3) is 0.172. The lowest BCUT2D eigenvalue weighted by Crippen LogP contribution is -2.65. The predicted molar refractivity (Wildman–Crippen MR) is 406 cm³/mol. The van der Waals surface area contributed by atoms with Crippen LogP contribution in [0.1, 0.15) is 93.7 Å². The first kappa shape index (κ1) is 59.6. The van der Waals surface area contributed by atoms with Gasteiger partial charge in [-0.2, -0.15) is 0 Å². The van der Waals surface area contributed by atoms with Gasteiger partial charge in [0.15, 0.2) is 0 Å². The Morgan fingerprint density at radius 3 is 1.27 bits per heavy atom. The first-order valence-corrected chi connectivity index (χ1v) is 34.3. The zero-order valence-electron chi connectivity index (χ0n) is 55.9. The third kappa shape index (κ3) is 10.4. The Labute approximate surface area is 562 Å². The molecule has 0 unspecified atom stereocenters. The van der Waals surface area contributed by atoms with Gasteiger partial charge in [-0.05, 0) is 239 Å². The third-order valence-corrected chi connectivity index (χ3v) is 19.9. The lowest BCUT2D eigenvalue weighted by molar-refractivity contribution is 0.486. The molecule has 0 amide bonds. The first-order chi connectivity index (χ1) is 46.4. The van der Waals surface area contributed by atoms with Crippen LogP contribution in [0.15, 0.2) is 261 Å². The minimum atomic E-state index is -0.241. The molecule has 0 radical (unpaired) electrons. The van der Waals surface area contributed by atoms with Crippen LogP contribution < -0.4 is 62.0 Å². The van der Waals surface area contributed by atoms with E-state index < -0.39 is 0 Å². The molecule has 464 valence electrons. The molecule has 0 N–H and O–H groups in total. The number of hydrogen-bond donors (Lipinski definition) is 0. The molecule has 0 atom stereocenters. The van der Waals surface area contributed by atoms with Crippen LogP contribution in [0.4, 0.5) is 85.3 Å². The number of nitrogens with zero attached hydrogens (tertiary/aromatic N) is 5. The van der Waals surface area contributed by atoms with Crippen molar-refractivity contribution in [2.24, 2.45) is 0 Å². The third-order valence-electron chi connectivity index (χ3n) is 19.9. The monoisotopic (exact) mass is 1230 g/mol. The van der Waals surface area contributed by atoms with Crippen molar-refractivity contribution in [3.05, 3.63) is 294 Å². The minimum Gasteiger partial charge on any atom is -0.458 e. The Balaban J connectivity index is 1.06. The van der Waals surface area contributed by atoms with E-state index in [2.05, 4.69) is 341 Å². The van der Waals surface area contributed by atoms with E-state index in [4.69, 9.17) is 4.74 Å². The SMILES string of the molecule is CCCCc1cc(C)cc(N2c3cc(N(c4ccccc4)c4ccccc4)cc4c3B(c3cc5c(cc3N4c3ccccc3)N(c3ccccc3)c3cc(N(c4ccccc4)c4ccccc4)cc4c3B5c3c(CCCC)cc(C)cc3O4)c3c2cc(C)cc3C(C)(C)C)c1. The molecule has 12 aromatic rings. The van der Waals surface area contributed by atoms with Crippen LogP contribution in [-0.4, -0.2) is 13.4 Å². The Hall–Kier alpha value is -10.4. The Bertz CT molecular complexity index is 4800. The summed E-state index contributed by atoms with van der Waals surface area (Å²) >= 11 is 0. The normalized spacial score (nSPS) is 13.1. The highest BCUT2D eigenvalue weighted by Gasteiger charge is 2.50. The zero-order valence-corrected chi connectivity index (χ0v) is 55.9. The van der Waals surface area contributed by atoms with E-state index >= 15 is 0 Å². The topological polar surface area (TPSA) is 25.4 Å². The molecule has 0 bridgehead atoms. The van der Waals surface area contributed by atoms with E-state index in [1.807, 2.05) is 0 Å². The van der Waals surface area contributed by atoms with E-state index in [9.17, 15) is 0 Å². The molecule has 95 heavy (non-hydrogen) atoms. The van der Waals surface area contributed by atoms with Crippen LogP contribution in [0.25, 0.3) is 0 Å². The van der Waals surface area contributed by atoms with Crippen LogP contribution in [-0.2, 0) is 18.3 Å². The molecule has 0 fully saturated rings. The van der Waals surface area contributed by atoms with Crippen molar-refractivity contribution in [1.29, 1.82) is 0 Å². The summed E-state index contributed by atoms with van der Waals surface area (Å²) in [7, 11) is 0. The van der Waals surface area contributed by atoms with Gasteiger partial charge in [-0.1, -0.05) is 181 Å². The molecule has 4 aliphatic heterocycles. The summed E-state index contributed by atoms with van der Waals surface area (Å²) in [5.74, 6) is 1.81. The number of anilines is 15. The smallest absolute Gasteiger partial charge is 0.256 e. The van der Waals surface area contributed by atoms with Gasteiger partial charge in [0.1, 0.15) is 11.5 Å². The van der Waals surface area contributed by atoms with Gasteiger partial charge in [-0.3, -0.25) is 0 Å². The highest BCUT2D eigenvalue weighted by molar-refractivity contribution is 7.03. The number of rotatable bonds is 15. The molecule has 16 rings (SSSR count). The lowest BCUT2D eigenvalue weighted by atomic mass is 9.29. The molecule has 12 aromatic carbocycles. The van der Waals surface area contributed by atoms with Crippen LogP contribution >= 0.6 is 0 Å². The highest BCUT2D eigenvalue weighted by atomic mass is 16.5. The fourth-order valence-corrected chi connectivity index (χ4v) is 16.0. The molecular formula is C87H79B2N5O. The molecule has 0 spiro atoms. The molecule has 0 saturated carbocycles. The average Bonchev–Trinajstić information content (AvgIpc) is 0.685. The van der Waals surface area contributed by atoms with E-state index in [0.717, 1.165) is 118 Å². The molecule has 0 saturated heterocycles. The van der Waals surface area contributed by atoms with Gasteiger partial charge >= 0.3 is 0 Å². The first-order valence-electron chi connectivity index (χ1n) is 34.3. The number of unbranched alkanes of at least 4 members (excludes halogenated alkanes) is 2.